The molecule has 0 radical (unpaired) electrons. The largest absolute Gasteiger partial charge is 0.0616 e. The maximum atomic E-state index is 2.40. The molecule has 0 fully saturated rings. The second kappa shape index (κ2) is 16.3. The summed E-state index contributed by atoms with van der Waals surface area (Å²) in [6.45, 7) is 0. The number of fused-ring (bicyclic) bond motifs is 9. The molecule has 0 aliphatic heterocycles. The minimum atomic E-state index is 1.19. The molecular formula is C70H44. The molecular weight excluding hydrogens is 841 g/mol. The Hall–Kier alpha value is -9.10. The Morgan fingerprint density at radius 1 is 0.129 bits per heavy atom. The van der Waals surface area contributed by atoms with E-state index >= 15 is 0 Å². The van der Waals surface area contributed by atoms with Crippen molar-refractivity contribution in [3.8, 4) is 66.8 Å². The first kappa shape index (κ1) is 40.0. The first-order chi connectivity index (χ1) is 34.6. The van der Waals surface area contributed by atoms with E-state index in [1.165, 1.54) is 142 Å². The summed E-state index contributed by atoms with van der Waals surface area (Å²) in [5, 5.41) is 17.5. The van der Waals surface area contributed by atoms with E-state index in [0.29, 0.717) is 0 Å². The van der Waals surface area contributed by atoms with Crippen LogP contribution in [-0.2, 0) is 0 Å². The second-order valence-corrected chi connectivity index (χ2v) is 18.9. The van der Waals surface area contributed by atoms with Gasteiger partial charge in [0.2, 0.25) is 0 Å². The molecule has 0 unspecified atom stereocenters. The molecule has 14 aromatic rings. The van der Waals surface area contributed by atoms with Crippen LogP contribution in [0.4, 0.5) is 0 Å². The first-order valence-electron chi connectivity index (χ1n) is 24.3. The van der Waals surface area contributed by atoms with Crippen molar-refractivity contribution in [2.24, 2.45) is 0 Å². The minimum absolute atomic E-state index is 1.19. The Labute approximate surface area is 407 Å². The van der Waals surface area contributed by atoms with Crippen molar-refractivity contribution in [3.05, 3.63) is 267 Å². The maximum Gasteiger partial charge on any atom is -0.00986 e. The summed E-state index contributed by atoms with van der Waals surface area (Å²) in [6.07, 6.45) is 0. The molecule has 0 heterocycles. The summed E-state index contributed by atoms with van der Waals surface area (Å²) < 4.78 is 0. The van der Waals surface area contributed by atoms with Crippen LogP contribution in [-0.4, -0.2) is 0 Å². The zero-order valence-corrected chi connectivity index (χ0v) is 38.4. The smallest absolute Gasteiger partial charge is 0.00986 e. The van der Waals surface area contributed by atoms with Gasteiger partial charge in [0, 0.05) is 0 Å². The Morgan fingerprint density at radius 3 is 0.757 bits per heavy atom. The van der Waals surface area contributed by atoms with Crippen LogP contribution >= 0.6 is 0 Å². The second-order valence-electron chi connectivity index (χ2n) is 18.9. The van der Waals surface area contributed by atoms with Crippen molar-refractivity contribution < 1.29 is 0 Å². The fourth-order valence-electron chi connectivity index (χ4n) is 11.2. The molecule has 0 saturated heterocycles. The SMILES string of the molecule is c1ccc2cc(-c3cc(-c4ccc5cc(-c6cc(-c7ccc8ccccc8c7)cc(-c7cc8ccccc8c8ccccc78)c6)ccc5c4)cc(-c4cc5ccccc5c5ccccc45)c3)ccc2c1. The van der Waals surface area contributed by atoms with Crippen LogP contribution in [0.15, 0.2) is 267 Å². The standard InChI is InChI=1S/C70H44/c1-3-15-47-33-51(27-25-45(47)13-1)57-37-59(41-61(39-57)69-43-55-17-5-7-19-63(55)65-21-9-11-23-67(65)69)53-31-29-50-36-54(32-30-49(50)35-53)60-38-58(52-28-26-46-14-2-4-16-48(46)34-52)40-62(42-60)70-44-56-18-6-8-20-64(56)66-22-10-12-24-68(66)70/h1-44H. The van der Waals surface area contributed by atoms with Crippen LogP contribution in [0.3, 0.4) is 0 Å². The Balaban J connectivity index is 0.920. The summed E-state index contributed by atoms with van der Waals surface area (Å²) in [5.41, 5.74) is 14.5. The molecule has 0 heteroatoms. The number of benzene rings is 14. The Kier molecular flexibility index (Phi) is 9.32. The molecule has 324 valence electrons. The fraction of sp³-hybridized carbons (Fsp3) is 0. The summed E-state index contributed by atoms with van der Waals surface area (Å²) in [5.74, 6) is 0. The van der Waals surface area contributed by atoms with E-state index in [1.54, 1.807) is 0 Å². The number of hydrogen-bond acceptors (Lipinski definition) is 0. The molecule has 0 nitrogen and oxygen atoms in total. The Morgan fingerprint density at radius 2 is 0.386 bits per heavy atom. The van der Waals surface area contributed by atoms with E-state index in [2.05, 4.69) is 267 Å². The van der Waals surface area contributed by atoms with Gasteiger partial charge in [0.25, 0.3) is 0 Å². The monoisotopic (exact) mass is 884 g/mol. The topological polar surface area (TPSA) is 0 Å². The van der Waals surface area contributed by atoms with Crippen LogP contribution in [0.25, 0.3) is 142 Å². The lowest BCUT2D eigenvalue weighted by Crippen LogP contribution is -1.90. The number of hydrogen-bond donors (Lipinski definition) is 0. The van der Waals surface area contributed by atoms with Crippen molar-refractivity contribution >= 4 is 75.4 Å². The molecule has 0 aliphatic carbocycles. The predicted octanol–water partition coefficient (Wildman–Crippen LogP) is 19.8. The fourth-order valence-corrected chi connectivity index (χ4v) is 11.2. The summed E-state index contributed by atoms with van der Waals surface area (Å²) in [6, 6.07) is 99.3. The van der Waals surface area contributed by atoms with Crippen LogP contribution in [0.2, 0.25) is 0 Å². The lowest BCUT2D eigenvalue weighted by Gasteiger charge is -2.16. The number of rotatable bonds is 6. The molecule has 0 aromatic heterocycles. The highest BCUT2D eigenvalue weighted by Crippen LogP contribution is 2.42. The maximum absolute atomic E-state index is 2.40. The molecule has 0 saturated carbocycles. The van der Waals surface area contributed by atoms with Crippen molar-refractivity contribution in [1.82, 2.24) is 0 Å². The van der Waals surface area contributed by atoms with Crippen molar-refractivity contribution in [2.45, 2.75) is 0 Å². The third-order valence-corrected chi connectivity index (χ3v) is 14.7. The highest BCUT2D eigenvalue weighted by Gasteiger charge is 2.16. The molecule has 14 aromatic carbocycles. The molecule has 0 atom stereocenters. The van der Waals surface area contributed by atoms with Gasteiger partial charge < -0.3 is 0 Å². The van der Waals surface area contributed by atoms with Gasteiger partial charge in [-0.1, -0.05) is 194 Å². The van der Waals surface area contributed by atoms with E-state index in [-0.39, 0.29) is 0 Å². The normalized spacial score (nSPS) is 11.7. The van der Waals surface area contributed by atoms with Gasteiger partial charge in [-0.15, -0.1) is 0 Å². The third-order valence-electron chi connectivity index (χ3n) is 14.7. The lowest BCUT2D eigenvalue weighted by atomic mass is 9.88. The van der Waals surface area contributed by atoms with Crippen molar-refractivity contribution in [1.29, 1.82) is 0 Å². The van der Waals surface area contributed by atoms with Crippen LogP contribution < -0.4 is 0 Å². The van der Waals surface area contributed by atoms with Gasteiger partial charge in [0.05, 0.1) is 0 Å². The summed E-state index contributed by atoms with van der Waals surface area (Å²) in [4.78, 5) is 0. The van der Waals surface area contributed by atoms with Gasteiger partial charge in [-0.3, -0.25) is 0 Å². The van der Waals surface area contributed by atoms with Gasteiger partial charge >= 0.3 is 0 Å². The molecule has 0 N–H and O–H groups in total. The zero-order valence-electron chi connectivity index (χ0n) is 38.4. The van der Waals surface area contributed by atoms with Gasteiger partial charge in [-0.2, -0.15) is 0 Å². The molecule has 14 rings (SSSR count). The zero-order chi connectivity index (χ0) is 46.1. The molecule has 0 spiro atoms. The van der Waals surface area contributed by atoms with Gasteiger partial charge in [-0.05, 0) is 215 Å². The highest BCUT2D eigenvalue weighted by molar-refractivity contribution is 6.15. The molecule has 0 bridgehead atoms. The molecule has 0 aliphatic rings. The van der Waals surface area contributed by atoms with Crippen LogP contribution in [0, 0.1) is 0 Å². The third kappa shape index (κ3) is 6.92. The van der Waals surface area contributed by atoms with E-state index in [0.717, 1.165) is 0 Å². The van der Waals surface area contributed by atoms with Gasteiger partial charge in [-0.25, -0.2) is 0 Å². The highest BCUT2D eigenvalue weighted by atomic mass is 14.2. The predicted molar refractivity (Wildman–Crippen MR) is 302 cm³/mol. The van der Waals surface area contributed by atoms with E-state index < -0.39 is 0 Å². The average molecular weight is 885 g/mol. The first-order valence-corrected chi connectivity index (χ1v) is 24.3. The van der Waals surface area contributed by atoms with Gasteiger partial charge in [0.15, 0.2) is 0 Å². The van der Waals surface area contributed by atoms with E-state index in [9.17, 15) is 0 Å². The van der Waals surface area contributed by atoms with Crippen LogP contribution in [0.5, 0.6) is 0 Å². The average Bonchev–Trinajstić information content (AvgIpc) is 3.44. The Bertz CT molecular complexity index is 4130. The van der Waals surface area contributed by atoms with Crippen molar-refractivity contribution in [2.75, 3.05) is 0 Å². The molecule has 70 heavy (non-hydrogen) atoms. The van der Waals surface area contributed by atoms with E-state index in [1.807, 2.05) is 0 Å². The summed E-state index contributed by atoms with van der Waals surface area (Å²) >= 11 is 0. The quantitative estimate of drug-likeness (QED) is 0.146. The summed E-state index contributed by atoms with van der Waals surface area (Å²) in [7, 11) is 0. The van der Waals surface area contributed by atoms with E-state index in [4.69, 9.17) is 0 Å². The lowest BCUT2D eigenvalue weighted by molar-refractivity contribution is 1.59. The molecule has 0 amide bonds. The van der Waals surface area contributed by atoms with Crippen LogP contribution in [0.1, 0.15) is 0 Å². The van der Waals surface area contributed by atoms with Crippen molar-refractivity contribution in [3.63, 3.8) is 0 Å². The van der Waals surface area contributed by atoms with Gasteiger partial charge in [0.1, 0.15) is 0 Å². The minimum Gasteiger partial charge on any atom is -0.0616 e.